The van der Waals surface area contributed by atoms with E-state index in [-0.39, 0.29) is 5.54 Å². The first-order chi connectivity index (χ1) is 9.68. The van der Waals surface area contributed by atoms with Gasteiger partial charge in [0.2, 0.25) is 0 Å². The summed E-state index contributed by atoms with van der Waals surface area (Å²) in [4.78, 5) is 0.322. The molecular weight excluding hydrogens is 286 g/mol. The molecule has 1 aromatic rings. The summed E-state index contributed by atoms with van der Waals surface area (Å²) in [6.07, 6.45) is 4.45. The lowest BCUT2D eigenvalue weighted by Gasteiger charge is -2.20. The van der Waals surface area contributed by atoms with E-state index >= 15 is 0 Å². The molecular formula is C16H27NO3S. The monoisotopic (exact) mass is 313 g/mol. The molecule has 1 N–H and O–H groups in total. The average molecular weight is 313 g/mol. The Bertz CT molecular complexity index is 515. The quantitative estimate of drug-likeness (QED) is 0.750. The van der Waals surface area contributed by atoms with Crippen molar-refractivity contribution in [3.8, 4) is 5.75 Å². The Balaban J connectivity index is 2.19. The molecule has 0 bridgehead atoms. The molecule has 4 nitrogen and oxygen atoms in total. The van der Waals surface area contributed by atoms with Gasteiger partial charge in [0, 0.05) is 11.8 Å². The number of ether oxygens (including phenoxy) is 1. The molecule has 0 aromatic heterocycles. The number of sulfone groups is 1. The van der Waals surface area contributed by atoms with Crippen LogP contribution in [0.1, 0.15) is 40.0 Å². The lowest BCUT2D eigenvalue weighted by molar-refractivity contribution is 0.303. The van der Waals surface area contributed by atoms with E-state index in [9.17, 15) is 8.42 Å². The fourth-order valence-electron chi connectivity index (χ4n) is 1.84. The van der Waals surface area contributed by atoms with Gasteiger partial charge in [-0.3, -0.25) is 0 Å². The largest absolute Gasteiger partial charge is 0.494 e. The first kappa shape index (κ1) is 18.0. The molecule has 0 aliphatic heterocycles. The number of unbranched alkanes of at least 4 members (excludes halogenated alkanes) is 2. The normalized spacial score (nSPS) is 12.4. The highest BCUT2D eigenvalue weighted by Crippen LogP contribution is 2.16. The van der Waals surface area contributed by atoms with E-state index in [0.29, 0.717) is 11.5 Å². The lowest BCUT2D eigenvalue weighted by atomic mass is 10.1. The van der Waals surface area contributed by atoms with Gasteiger partial charge in [0.1, 0.15) is 5.75 Å². The molecule has 0 saturated carbocycles. The van der Waals surface area contributed by atoms with Crippen LogP contribution in [0.15, 0.2) is 29.2 Å². The highest BCUT2D eigenvalue weighted by atomic mass is 32.2. The Kier molecular flexibility index (Phi) is 6.68. The van der Waals surface area contributed by atoms with Gasteiger partial charge in [-0.2, -0.15) is 0 Å². The van der Waals surface area contributed by atoms with Crippen molar-refractivity contribution < 1.29 is 13.2 Å². The molecule has 1 aromatic carbocycles. The Morgan fingerprint density at radius 2 is 1.67 bits per heavy atom. The van der Waals surface area contributed by atoms with Gasteiger partial charge in [0.25, 0.3) is 0 Å². The zero-order valence-electron chi connectivity index (χ0n) is 13.5. The van der Waals surface area contributed by atoms with Crippen molar-refractivity contribution in [1.82, 2.24) is 5.32 Å². The van der Waals surface area contributed by atoms with Crippen molar-refractivity contribution >= 4 is 9.84 Å². The molecule has 5 heteroatoms. The van der Waals surface area contributed by atoms with Gasteiger partial charge < -0.3 is 10.1 Å². The maximum absolute atomic E-state index is 11.3. The van der Waals surface area contributed by atoms with Gasteiger partial charge in [-0.05, 0) is 70.8 Å². The van der Waals surface area contributed by atoms with Crippen molar-refractivity contribution in [2.75, 3.05) is 19.4 Å². The smallest absolute Gasteiger partial charge is 0.175 e. The molecule has 0 atom stereocenters. The molecule has 0 saturated heterocycles. The minimum absolute atomic E-state index is 0.178. The average Bonchev–Trinajstić information content (AvgIpc) is 2.36. The highest BCUT2D eigenvalue weighted by molar-refractivity contribution is 7.90. The van der Waals surface area contributed by atoms with Crippen LogP contribution in [-0.2, 0) is 9.84 Å². The third-order valence-corrected chi connectivity index (χ3v) is 4.13. The van der Waals surface area contributed by atoms with E-state index in [2.05, 4.69) is 26.1 Å². The molecule has 0 heterocycles. The number of nitrogens with one attached hydrogen (secondary N) is 1. The van der Waals surface area contributed by atoms with Crippen LogP contribution in [0.2, 0.25) is 0 Å². The van der Waals surface area contributed by atoms with Gasteiger partial charge in [-0.1, -0.05) is 0 Å². The first-order valence-corrected chi connectivity index (χ1v) is 9.25. The van der Waals surface area contributed by atoms with E-state index in [1.807, 2.05) is 0 Å². The molecule has 0 radical (unpaired) electrons. The minimum atomic E-state index is -3.13. The predicted octanol–water partition coefficient (Wildman–Crippen LogP) is 3.03. The SMILES string of the molecule is CC(C)(C)NCCCCCOc1ccc(S(C)(=O)=O)cc1. The van der Waals surface area contributed by atoms with Crippen molar-refractivity contribution in [2.24, 2.45) is 0 Å². The number of benzene rings is 1. The zero-order chi connectivity index (χ0) is 15.9. The van der Waals surface area contributed by atoms with Gasteiger partial charge in [-0.25, -0.2) is 8.42 Å². The van der Waals surface area contributed by atoms with Crippen LogP contribution in [-0.4, -0.2) is 33.4 Å². The van der Waals surface area contributed by atoms with Crippen molar-refractivity contribution in [3.63, 3.8) is 0 Å². The summed E-state index contributed by atoms with van der Waals surface area (Å²) in [5, 5.41) is 3.45. The van der Waals surface area contributed by atoms with Crippen molar-refractivity contribution in [3.05, 3.63) is 24.3 Å². The van der Waals surface area contributed by atoms with E-state index < -0.39 is 9.84 Å². The van der Waals surface area contributed by atoms with Crippen molar-refractivity contribution in [1.29, 1.82) is 0 Å². The molecule has 120 valence electrons. The minimum Gasteiger partial charge on any atom is -0.494 e. The van der Waals surface area contributed by atoms with Crippen LogP contribution in [0.4, 0.5) is 0 Å². The second-order valence-electron chi connectivity index (χ2n) is 6.33. The van der Waals surface area contributed by atoms with Gasteiger partial charge in [0.05, 0.1) is 11.5 Å². The summed E-state index contributed by atoms with van der Waals surface area (Å²) < 4.78 is 28.3. The number of rotatable bonds is 8. The van der Waals surface area contributed by atoms with Gasteiger partial charge >= 0.3 is 0 Å². The Morgan fingerprint density at radius 3 is 2.19 bits per heavy atom. The summed E-state index contributed by atoms with van der Waals surface area (Å²) >= 11 is 0. The fourth-order valence-corrected chi connectivity index (χ4v) is 2.47. The third kappa shape index (κ3) is 8.07. The standard InChI is InChI=1S/C16H27NO3S/c1-16(2,3)17-12-6-5-7-13-20-14-8-10-15(11-9-14)21(4,18)19/h8-11,17H,5-7,12-13H2,1-4H3. The molecule has 0 amide bonds. The van der Waals surface area contributed by atoms with E-state index in [1.165, 1.54) is 6.26 Å². The molecule has 0 aliphatic rings. The Hall–Kier alpha value is -1.07. The zero-order valence-corrected chi connectivity index (χ0v) is 14.3. The summed E-state index contributed by atoms with van der Waals surface area (Å²) in [5.74, 6) is 0.718. The number of hydrogen-bond donors (Lipinski definition) is 1. The predicted molar refractivity (Wildman–Crippen MR) is 86.7 cm³/mol. The van der Waals surface area contributed by atoms with Gasteiger partial charge in [-0.15, -0.1) is 0 Å². The van der Waals surface area contributed by atoms with Crippen LogP contribution in [0.3, 0.4) is 0 Å². The Labute approximate surface area is 128 Å². The fraction of sp³-hybridized carbons (Fsp3) is 0.625. The summed E-state index contributed by atoms with van der Waals surface area (Å²) in [5.41, 5.74) is 0.178. The molecule has 21 heavy (non-hydrogen) atoms. The molecule has 1 rings (SSSR count). The lowest BCUT2D eigenvalue weighted by Crippen LogP contribution is -2.36. The van der Waals surface area contributed by atoms with Crippen LogP contribution < -0.4 is 10.1 Å². The summed E-state index contributed by atoms with van der Waals surface area (Å²) in [7, 11) is -3.13. The summed E-state index contributed by atoms with van der Waals surface area (Å²) in [6.45, 7) is 8.17. The maximum Gasteiger partial charge on any atom is 0.175 e. The molecule has 0 unspecified atom stereocenters. The highest BCUT2D eigenvalue weighted by Gasteiger charge is 2.07. The second kappa shape index (κ2) is 7.80. The molecule has 0 fully saturated rings. The van der Waals surface area contributed by atoms with Crippen molar-refractivity contribution in [2.45, 2.75) is 50.5 Å². The van der Waals surface area contributed by atoms with Crippen LogP contribution in [0.25, 0.3) is 0 Å². The second-order valence-corrected chi connectivity index (χ2v) is 8.35. The van der Waals surface area contributed by atoms with E-state index in [0.717, 1.165) is 31.6 Å². The Morgan fingerprint density at radius 1 is 1.05 bits per heavy atom. The van der Waals surface area contributed by atoms with Crippen LogP contribution in [0.5, 0.6) is 5.75 Å². The molecule has 0 spiro atoms. The van der Waals surface area contributed by atoms with E-state index in [4.69, 9.17) is 4.74 Å². The topological polar surface area (TPSA) is 55.4 Å². The molecule has 0 aliphatic carbocycles. The van der Waals surface area contributed by atoms with E-state index in [1.54, 1.807) is 24.3 Å². The van der Waals surface area contributed by atoms with Crippen LogP contribution >= 0.6 is 0 Å². The first-order valence-electron chi connectivity index (χ1n) is 7.36. The third-order valence-electron chi connectivity index (χ3n) is 3.00. The maximum atomic E-state index is 11.3. The van der Waals surface area contributed by atoms with Crippen LogP contribution in [0, 0.1) is 0 Å². The summed E-state index contributed by atoms with van der Waals surface area (Å²) in [6, 6.07) is 6.57. The number of hydrogen-bond acceptors (Lipinski definition) is 4. The van der Waals surface area contributed by atoms with Gasteiger partial charge in [0.15, 0.2) is 9.84 Å².